The Labute approximate surface area is 598 Å². The standard InChI is InChI=1S/C48H30O.C26H19BO2.C22H13BrO/c1-2-12-31(13-3-1)32-16-10-18-37(26-32)47-39-20-6-8-22-41(39)48(42-23-9-7-21-40(42)47)38-19-11-17-33(27-38)36-24-25-45-43(29-36)44-28-34-14-4-5-15-35(34)30-46(44)49-45;28-27(29)26-23-15-6-4-13-21(23)25(22-14-5-7-16-24(22)26)20-12-8-11-19(17-20)18-9-2-1-3-10-18;23-18-7-3-6-14(10-18)17-8-9-21-19(12-17)20-11-15-4-1-2-5-16(15)13-22(20)24-21/h1-30H;1-17,28-29H;1-13H. The molecule has 0 unspecified atom stereocenters. The van der Waals surface area contributed by atoms with Gasteiger partial charge >= 0.3 is 7.12 Å². The molecule has 2 heterocycles. The van der Waals surface area contributed by atoms with Crippen molar-refractivity contribution in [3.63, 3.8) is 0 Å². The van der Waals surface area contributed by atoms with Gasteiger partial charge in [-0.15, -0.1) is 0 Å². The smallest absolute Gasteiger partial charge is 0.456 e. The van der Waals surface area contributed by atoms with Crippen molar-refractivity contribution in [1.82, 2.24) is 0 Å². The van der Waals surface area contributed by atoms with Crippen LogP contribution in [0.4, 0.5) is 0 Å². The highest BCUT2D eigenvalue weighted by atomic mass is 79.9. The summed E-state index contributed by atoms with van der Waals surface area (Å²) in [6, 6.07) is 128. The van der Waals surface area contributed by atoms with E-state index in [0.717, 1.165) is 81.2 Å². The summed E-state index contributed by atoms with van der Waals surface area (Å²) in [5.74, 6) is 0. The summed E-state index contributed by atoms with van der Waals surface area (Å²) in [4.78, 5) is 0. The minimum Gasteiger partial charge on any atom is -0.456 e. The third kappa shape index (κ3) is 11.4. The fraction of sp³-hybridized carbons (Fsp3) is 0. The van der Waals surface area contributed by atoms with Crippen LogP contribution in [0.15, 0.2) is 377 Å². The van der Waals surface area contributed by atoms with Crippen molar-refractivity contribution in [2.45, 2.75) is 0 Å². The van der Waals surface area contributed by atoms with Crippen LogP contribution in [0.5, 0.6) is 0 Å². The first-order chi connectivity index (χ1) is 50.3. The molecule has 0 radical (unpaired) electrons. The molecule has 0 aliphatic heterocycles. The highest BCUT2D eigenvalue weighted by molar-refractivity contribution is 9.10. The number of hydrogen-bond acceptors (Lipinski definition) is 4. The van der Waals surface area contributed by atoms with Crippen molar-refractivity contribution in [3.05, 3.63) is 368 Å². The van der Waals surface area contributed by atoms with Gasteiger partial charge in [-0.1, -0.05) is 301 Å². The predicted molar refractivity (Wildman–Crippen MR) is 434 cm³/mol. The molecule has 20 aromatic rings. The lowest BCUT2D eigenvalue weighted by atomic mass is 9.72. The second-order valence-corrected chi connectivity index (χ2v) is 27.0. The van der Waals surface area contributed by atoms with Gasteiger partial charge in [0.25, 0.3) is 0 Å². The topological polar surface area (TPSA) is 66.7 Å². The van der Waals surface area contributed by atoms with Crippen LogP contribution in [0.25, 0.3) is 186 Å². The summed E-state index contributed by atoms with van der Waals surface area (Å²) >= 11 is 3.55. The molecule has 0 aliphatic carbocycles. The molecule has 0 atom stereocenters. The van der Waals surface area contributed by atoms with E-state index in [2.05, 4.69) is 319 Å². The van der Waals surface area contributed by atoms with E-state index in [9.17, 15) is 10.0 Å². The summed E-state index contributed by atoms with van der Waals surface area (Å²) in [5.41, 5.74) is 21.0. The van der Waals surface area contributed by atoms with Crippen molar-refractivity contribution in [1.29, 1.82) is 0 Å². The fourth-order valence-corrected chi connectivity index (χ4v) is 15.7. The number of benzene rings is 18. The van der Waals surface area contributed by atoms with Crippen LogP contribution in [-0.2, 0) is 0 Å². The third-order valence-electron chi connectivity index (χ3n) is 20.0. The van der Waals surface area contributed by atoms with E-state index in [-0.39, 0.29) is 0 Å². The Kier molecular flexibility index (Phi) is 16.0. The van der Waals surface area contributed by atoms with Gasteiger partial charge in [0.1, 0.15) is 22.3 Å². The first-order valence-corrected chi connectivity index (χ1v) is 35.2. The maximum atomic E-state index is 10.1. The molecule has 102 heavy (non-hydrogen) atoms. The van der Waals surface area contributed by atoms with Crippen LogP contribution in [0.2, 0.25) is 0 Å². The maximum absolute atomic E-state index is 10.1. The molecule has 4 nitrogen and oxygen atoms in total. The minimum absolute atomic E-state index is 0.555. The van der Waals surface area contributed by atoms with Crippen LogP contribution >= 0.6 is 15.9 Å². The van der Waals surface area contributed by atoms with E-state index in [1.807, 2.05) is 60.7 Å². The van der Waals surface area contributed by atoms with Gasteiger partial charge in [-0.2, -0.15) is 0 Å². The van der Waals surface area contributed by atoms with E-state index in [1.165, 1.54) is 110 Å². The van der Waals surface area contributed by atoms with Gasteiger partial charge in [-0.3, -0.25) is 0 Å². The molecule has 0 aliphatic rings. The first-order valence-electron chi connectivity index (χ1n) is 34.4. The molecule has 20 rings (SSSR count). The number of rotatable bonds is 8. The zero-order valence-electron chi connectivity index (χ0n) is 55.3. The Morgan fingerprint density at radius 3 is 0.843 bits per heavy atom. The average Bonchev–Trinajstić information content (AvgIpc) is 1.50. The lowest BCUT2D eigenvalue weighted by Crippen LogP contribution is -2.31. The summed E-state index contributed by atoms with van der Waals surface area (Å²) in [5, 5.41) is 38.5. The monoisotopic (exact) mass is 1370 g/mol. The Balaban J connectivity index is 0.000000119. The molecule has 0 spiro atoms. The van der Waals surface area contributed by atoms with Crippen molar-refractivity contribution >= 4 is 137 Å². The summed E-state index contributed by atoms with van der Waals surface area (Å²) in [6.07, 6.45) is 0. The van der Waals surface area contributed by atoms with Crippen molar-refractivity contribution in [2.75, 3.05) is 0 Å². The molecule has 18 aromatic carbocycles. The summed E-state index contributed by atoms with van der Waals surface area (Å²) in [6.45, 7) is 0. The second-order valence-electron chi connectivity index (χ2n) is 26.1. The van der Waals surface area contributed by atoms with Crippen molar-refractivity contribution in [2.24, 2.45) is 0 Å². The van der Waals surface area contributed by atoms with Crippen LogP contribution in [0.3, 0.4) is 0 Å². The van der Waals surface area contributed by atoms with Gasteiger partial charge < -0.3 is 18.9 Å². The molecule has 0 bridgehead atoms. The molecule has 0 amide bonds. The Morgan fingerprint density at radius 1 is 0.196 bits per heavy atom. The average molecular weight is 1370 g/mol. The Bertz CT molecular complexity index is 6520. The quantitative estimate of drug-likeness (QED) is 0.118. The Hall–Kier alpha value is -12.4. The molecule has 2 aromatic heterocycles. The van der Waals surface area contributed by atoms with Gasteiger partial charge in [0.15, 0.2) is 0 Å². The molecule has 480 valence electrons. The normalized spacial score (nSPS) is 11.5. The van der Waals surface area contributed by atoms with Crippen LogP contribution in [0.1, 0.15) is 0 Å². The maximum Gasteiger partial charge on any atom is 0.489 e. The second kappa shape index (κ2) is 26.4. The van der Waals surface area contributed by atoms with Gasteiger partial charge in [-0.25, -0.2) is 0 Å². The van der Waals surface area contributed by atoms with Crippen LogP contribution in [-0.4, -0.2) is 17.2 Å². The minimum atomic E-state index is -1.53. The predicted octanol–water partition coefficient (Wildman–Crippen LogP) is 25.9. The molecular weight excluding hydrogens is 1310 g/mol. The van der Waals surface area contributed by atoms with E-state index >= 15 is 0 Å². The van der Waals surface area contributed by atoms with Gasteiger partial charge in [0.2, 0.25) is 0 Å². The molecule has 0 saturated heterocycles. The van der Waals surface area contributed by atoms with Crippen LogP contribution in [0, 0.1) is 0 Å². The number of fused-ring (bicyclic) bond motifs is 12. The lowest BCUT2D eigenvalue weighted by molar-refractivity contribution is 0.426. The van der Waals surface area contributed by atoms with Gasteiger partial charge in [-0.05, 0) is 227 Å². The van der Waals surface area contributed by atoms with Crippen molar-refractivity contribution in [3.8, 4) is 77.9 Å². The van der Waals surface area contributed by atoms with Gasteiger partial charge in [0.05, 0.1) is 0 Å². The highest BCUT2D eigenvalue weighted by Crippen LogP contribution is 2.46. The lowest BCUT2D eigenvalue weighted by Gasteiger charge is -2.18. The van der Waals surface area contributed by atoms with E-state index in [1.54, 1.807) is 0 Å². The molecular formula is C96H62BBrO4. The zero-order chi connectivity index (χ0) is 68.2. The first kappa shape index (κ1) is 61.9. The highest BCUT2D eigenvalue weighted by Gasteiger charge is 2.24. The number of furan rings is 2. The molecule has 0 fully saturated rings. The molecule has 0 saturated carbocycles. The van der Waals surface area contributed by atoms with Crippen LogP contribution < -0.4 is 5.46 Å². The molecule has 2 N–H and O–H groups in total. The zero-order valence-corrected chi connectivity index (χ0v) is 56.9. The van der Waals surface area contributed by atoms with E-state index < -0.39 is 7.12 Å². The van der Waals surface area contributed by atoms with E-state index in [0.29, 0.717) is 5.46 Å². The number of halogens is 1. The van der Waals surface area contributed by atoms with Crippen molar-refractivity contribution < 1.29 is 18.9 Å². The summed E-state index contributed by atoms with van der Waals surface area (Å²) < 4.78 is 13.5. The fourth-order valence-electron chi connectivity index (χ4n) is 15.3. The van der Waals surface area contributed by atoms with E-state index in [4.69, 9.17) is 8.83 Å². The SMILES string of the molecule is Brc1cccc(-c2ccc3oc4cc5ccccc5cc4c3c2)c1.OB(O)c1c2ccccc2c(-c2cccc(-c3ccccc3)c2)c2ccccc12.c1ccc(-c2cccc(-c3c4ccccc4c(-c4cccc(-c5ccc6oc7cc8ccccc8cc7c6c5)c4)c4ccccc34)c2)cc1. The van der Waals surface area contributed by atoms with Gasteiger partial charge in [0, 0.05) is 26.0 Å². The third-order valence-corrected chi connectivity index (χ3v) is 20.5. The molecule has 6 heteroatoms. The largest absolute Gasteiger partial charge is 0.489 e. The summed E-state index contributed by atoms with van der Waals surface area (Å²) in [7, 11) is -1.53. The number of hydrogen-bond donors (Lipinski definition) is 2. The Morgan fingerprint density at radius 2 is 0.471 bits per heavy atom.